The number of carbonyl (C=O) groups excluding carboxylic acids is 1. The lowest BCUT2D eigenvalue weighted by atomic mass is 10.1. The third-order valence-electron chi connectivity index (χ3n) is 4.17. The number of amides is 1. The first kappa shape index (κ1) is 17.0. The maximum absolute atomic E-state index is 12.4. The lowest BCUT2D eigenvalue weighted by Crippen LogP contribution is -3.08. The molecule has 3 aromatic rings. The van der Waals surface area contributed by atoms with Crippen molar-refractivity contribution in [3.8, 4) is 5.75 Å². The van der Waals surface area contributed by atoms with E-state index < -0.39 is 0 Å². The summed E-state index contributed by atoms with van der Waals surface area (Å²) in [6.45, 7) is 1.17. The zero-order valence-electron chi connectivity index (χ0n) is 14.6. The third kappa shape index (κ3) is 4.37. The lowest BCUT2D eigenvalue weighted by molar-refractivity contribution is -0.885. The van der Waals surface area contributed by atoms with Crippen molar-refractivity contribution in [3.63, 3.8) is 0 Å². The molecule has 0 aromatic heterocycles. The number of carbonyl (C=O) groups is 1. The Morgan fingerprint density at radius 3 is 2.64 bits per heavy atom. The molecule has 0 aliphatic carbocycles. The summed E-state index contributed by atoms with van der Waals surface area (Å²) in [7, 11) is 3.68. The van der Waals surface area contributed by atoms with E-state index in [1.165, 1.54) is 0 Å². The molecular formula is C21H23N2O2+. The molecule has 0 radical (unpaired) electrons. The van der Waals surface area contributed by atoms with Gasteiger partial charge in [0.1, 0.15) is 12.3 Å². The summed E-state index contributed by atoms with van der Waals surface area (Å²) in [5.41, 5.74) is 2.01. The minimum absolute atomic E-state index is 0.0109. The Balaban J connectivity index is 1.63. The van der Waals surface area contributed by atoms with Crippen LogP contribution in [0.2, 0.25) is 0 Å². The van der Waals surface area contributed by atoms with Gasteiger partial charge >= 0.3 is 0 Å². The fraction of sp³-hybridized carbons (Fsp3) is 0.190. The highest BCUT2D eigenvalue weighted by atomic mass is 16.5. The molecule has 0 aliphatic rings. The summed E-state index contributed by atoms with van der Waals surface area (Å²) < 4.78 is 5.25. The van der Waals surface area contributed by atoms with E-state index in [2.05, 4.69) is 11.4 Å². The highest BCUT2D eigenvalue weighted by Crippen LogP contribution is 2.22. The number of hydrogen-bond acceptors (Lipinski definition) is 2. The molecule has 0 saturated carbocycles. The molecule has 0 heterocycles. The molecule has 2 N–H and O–H groups in total. The van der Waals surface area contributed by atoms with Gasteiger partial charge in [-0.15, -0.1) is 0 Å². The molecule has 0 saturated heterocycles. The Hall–Kier alpha value is -2.85. The first-order chi connectivity index (χ1) is 12.2. The quantitative estimate of drug-likeness (QED) is 0.727. The van der Waals surface area contributed by atoms with Gasteiger partial charge < -0.3 is 15.0 Å². The van der Waals surface area contributed by atoms with Gasteiger partial charge in [0, 0.05) is 16.6 Å². The standard InChI is InChI=1S/C21H22N2O2/c1-23(14-16-7-5-10-18(13-16)25-2)15-21(24)22-20-12-6-9-17-8-3-4-11-19(17)20/h3-13H,14-15H2,1-2H3,(H,22,24)/p+1. The van der Waals surface area contributed by atoms with Crippen molar-refractivity contribution >= 4 is 22.4 Å². The first-order valence-corrected chi connectivity index (χ1v) is 8.37. The van der Waals surface area contributed by atoms with Crippen molar-refractivity contribution in [2.45, 2.75) is 6.54 Å². The Morgan fingerprint density at radius 2 is 1.80 bits per heavy atom. The van der Waals surface area contributed by atoms with Gasteiger partial charge in [-0.2, -0.15) is 0 Å². The minimum Gasteiger partial charge on any atom is -0.497 e. The second-order valence-electron chi connectivity index (χ2n) is 6.24. The molecule has 1 atom stereocenters. The van der Waals surface area contributed by atoms with Crippen molar-refractivity contribution in [2.75, 3.05) is 26.0 Å². The zero-order chi connectivity index (χ0) is 17.6. The molecule has 0 fully saturated rings. The summed E-state index contributed by atoms with van der Waals surface area (Å²) in [4.78, 5) is 13.5. The smallest absolute Gasteiger partial charge is 0.279 e. The molecule has 0 bridgehead atoms. The molecule has 0 spiro atoms. The fourth-order valence-corrected chi connectivity index (χ4v) is 3.00. The van der Waals surface area contributed by atoms with Crippen molar-refractivity contribution in [1.29, 1.82) is 0 Å². The topological polar surface area (TPSA) is 42.8 Å². The number of rotatable bonds is 6. The number of anilines is 1. The summed E-state index contributed by atoms with van der Waals surface area (Å²) >= 11 is 0. The van der Waals surface area contributed by atoms with E-state index in [9.17, 15) is 4.79 Å². The van der Waals surface area contributed by atoms with Gasteiger partial charge in [0.2, 0.25) is 0 Å². The first-order valence-electron chi connectivity index (χ1n) is 8.37. The van der Waals surface area contributed by atoms with E-state index >= 15 is 0 Å². The monoisotopic (exact) mass is 335 g/mol. The Labute approximate surface area is 148 Å². The second kappa shape index (κ2) is 7.81. The zero-order valence-corrected chi connectivity index (χ0v) is 14.6. The molecule has 3 aromatic carbocycles. The van der Waals surface area contributed by atoms with Crippen molar-refractivity contribution in [2.24, 2.45) is 0 Å². The van der Waals surface area contributed by atoms with E-state index in [1.54, 1.807) is 7.11 Å². The van der Waals surface area contributed by atoms with Gasteiger partial charge in [0.25, 0.3) is 5.91 Å². The average molecular weight is 335 g/mol. The average Bonchev–Trinajstić information content (AvgIpc) is 2.62. The number of quaternary nitrogens is 1. The summed E-state index contributed by atoms with van der Waals surface area (Å²) in [6.07, 6.45) is 0. The maximum atomic E-state index is 12.4. The van der Waals surface area contributed by atoms with Crippen LogP contribution in [0.4, 0.5) is 5.69 Å². The van der Waals surface area contributed by atoms with Gasteiger partial charge in [0.15, 0.2) is 6.54 Å². The van der Waals surface area contributed by atoms with Gasteiger partial charge in [-0.3, -0.25) is 4.79 Å². The summed E-state index contributed by atoms with van der Waals surface area (Å²) in [5.74, 6) is 0.849. The highest BCUT2D eigenvalue weighted by molar-refractivity contribution is 6.02. The van der Waals surface area contributed by atoms with E-state index in [-0.39, 0.29) is 5.91 Å². The summed E-state index contributed by atoms with van der Waals surface area (Å²) in [6, 6.07) is 22.0. The van der Waals surface area contributed by atoms with Crippen molar-refractivity contribution in [3.05, 3.63) is 72.3 Å². The number of benzene rings is 3. The highest BCUT2D eigenvalue weighted by Gasteiger charge is 2.12. The van der Waals surface area contributed by atoms with Crippen LogP contribution in [0.1, 0.15) is 5.56 Å². The normalized spacial score (nSPS) is 11.9. The lowest BCUT2D eigenvalue weighted by Gasteiger charge is -2.15. The Bertz CT molecular complexity index is 871. The van der Waals surface area contributed by atoms with E-state index in [0.29, 0.717) is 6.54 Å². The number of hydrogen-bond donors (Lipinski definition) is 2. The molecular weight excluding hydrogens is 312 g/mol. The van der Waals surface area contributed by atoms with Crippen LogP contribution in [-0.4, -0.2) is 26.6 Å². The molecule has 1 unspecified atom stereocenters. The van der Waals surface area contributed by atoms with Crippen LogP contribution in [-0.2, 0) is 11.3 Å². The maximum Gasteiger partial charge on any atom is 0.279 e. The molecule has 3 rings (SSSR count). The van der Waals surface area contributed by atoms with Crippen LogP contribution in [0.15, 0.2) is 66.7 Å². The predicted molar refractivity (Wildman–Crippen MR) is 101 cm³/mol. The van der Waals surface area contributed by atoms with Crippen LogP contribution >= 0.6 is 0 Å². The number of nitrogens with one attached hydrogen (secondary N) is 2. The number of ether oxygens (including phenoxy) is 1. The van der Waals surface area contributed by atoms with E-state index in [0.717, 1.165) is 39.2 Å². The number of fused-ring (bicyclic) bond motifs is 1. The Kier molecular flexibility index (Phi) is 5.31. The molecule has 4 nitrogen and oxygen atoms in total. The third-order valence-corrected chi connectivity index (χ3v) is 4.17. The van der Waals surface area contributed by atoms with Gasteiger partial charge in [0.05, 0.1) is 14.2 Å². The van der Waals surface area contributed by atoms with Crippen LogP contribution in [0.3, 0.4) is 0 Å². The number of methoxy groups -OCH3 is 1. The van der Waals surface area contributed by atoms with Crippen LogP contribution in [0, 0.1) is 0 Å². The molecule has 25 heavy (non-hydrogen) atoms. The van der Waals surface area contributed by atoms with Gasteiger partial charge in [-0.05, 0) is 23.6 Å². The van der Waals surface area contributed by atoms with E-state index in [4.69, 9.17) is 4.74 Å². The Morgan fingerprint density at radius 1 is 1.04 bits per heavy atom. The summed E-state index contributed by atoms with van der Waals surface area (Å²) in [5, 5.41) is 5.22. The molecule has 0 aliphatic heterocycles. The molecule has 4 heteroatoms. The van der Waals surface area contributed by atoms with Crippen LogP contribution < -0.4 is 15.0 Å². The van der Waals surface area contributed by atoms with Crippen LogP contribution in [0.5, 0.6) is 5.75 Å². The fourth-order valence-electron chi connectivity index (χ4n) is 3.00. The predicted octanol–water partition coefficient (Wildman–Crippen LogP) is 2.50. The van der Waals surface area contributed by atoms with E-state index in [1.807, 2.05) is 67.7 Å². The minimum atomic E-state index is 0.0109. The van der Waals surface area contributed by atoms with Gasteiger partial charge in [-0.25, -0.2) is 0 Å². The SMILES string of the molecule is COc1cccc(C[NH+](C)CC(=O)Nc2cccc3ccccc23)c1. The van der Waals surface area contributed by atoms with Crippen LogP contribution in [0.25, 0.3) is 10.8 Å². The second-order valence-corrected chi connectivity index (χ2v) is 6.24. The molecule has 128 valence electrons. The number of likely N-dealkylation sites (N-methyl/N-ethyl adjacent to an activating group) is 1. The molecule has 1 amide bonds. The largest absolute Gasteiger partial charge is 0.497 e. The van der Waals surface area contributed by atoms with Gasteiger partial charge in [-0.1, -0.05) is 48.5 Å². The van der Waals surface area contributed by atoms with Crippen molar-refractivity contribution < 1.29 is 14.4 Å². The van der Waals surface area contributed by atoms with Crippen molar-refractivity contribution in [1.82, 2.24) is 0 Å².